The van der Waals surface area contributed by atoms with E-state index in [0.29, 0.717) is 5.41 Å². The van der Waals surface area contributed by atoms with E-state index in [1.807, 2.05) is 19.8 Å². The van der Waals surface area contributed by atoms with Crippen molar-refractivity contribution in [2.75, 3.05) is 27.4 Å². The minimum absolute atomic E-state index is 0.291. The zero-order chi connectivity index (χ0) is 12.8. The maximum absolute atomic E-state index is 5.49. The van der Waals surface area contributed by atoms with Crippen molar-refractivity contribution in [3.8, 4) is 0 Å². The first kappa shape index (κ1) is 12.7. The summed E-state index contributed by atoms with van der Waals surface area (Å²) in [5, 5.41) is 0. The number of hydrogen-bond acceptors (Lipinski definition) is 2. The summed E-state index contributed by atoms with van der Waals surface area (Å²) in [5.74, 6) is 2.69. The van der Waals surface area contributed by atoms with Gasteiger partial charge in [0.1, 0.15) is 0 Å². The number of rotatable bonds is 4. The number of fused-ring (bicyclic) bond motifs is 3. The Morgan fingerprint density at radius 1 is 1.17 bits per heavy atom. The Morgan fingerprint density at radius 3 is 2.56 bits per heavy atom. The molecule has 0 bridgehead atoms. The minimum atomic E-state index is 0.291. The van der Waals surface area contributed by atoms with Crippen LogP contribution in [0, 0.1) is 23.2 Å². The van der Waals surface area contributed by atoms with Crippen LogP contribution in [0.2, 0.25) is 0 Å². The van der Waals surface area contributed by atoms with Crippen LogP contribution in [0.15, 0.2) is 11.1 Å². The normalized spacial score (nSPS) is 37.2. The van der Waals surface area contributed by atoms with Gasteiger partial charge in [0, 0.05) is 19.6 Å². The Labute approximate surface area is 111 Å². The summed E-state index contributed by atoms with van der Waals surface area (Å²) in [4.78, 5) is 0. The van der Waals surface area contributed by atoms with Crippen LogP contribution in [-0.2, 0) is 9.47 Å². The number of hydrogen-bond donors (Lipinski definition) is 0. The average molecular weight is 250 g/mol. The van der Waals surface area contributed by atoms with Gasteiger partial charge in [-0.1, -0.05) is 11.1 Å². The van der Waals surface area contributed by atoms with E-state index in [9.17, 15) is 0 Å². The van der Waals surface area contributed by atoms with Crippen LogP contribution in [-0.4, -0.2) is 27.4 Å². The number of methoxy groups -OCH3 is 2. The van der Waals surface area contributed by atoms with Gasteiger partial charge in [-0.25, -0.2) is 0 Å². The van der Waals surface area contributed by atoms with E-state index in [1.54, 1.807) is 5.57 Å². The second-order valence-corrected chi connectivity index (χ2v) is 6.85. The molecule has 0 aromatic heterocycles. The summed E-state index contributed by atoms with van der Waals surface area (Å²) in [6.45, 7) is 4.10. The fourth-order valence-electron chi connectivity index (χ4n) is 5.18. The van der Waals surface area contributed by atoms with Crippen LogP contribution in [0.3, 0.4) is 0 Å². The second kappa shape index (κ2) is 4.64. The lowest BCUT2D eigenvalue weighted by Gasteiger charge is -2.29. The monoisotopic (exact) mass is 250 g/mol. The third-order valence-corrected chi connectivity index (χ3v) is 5.61. The Kier molecular flexibility index (Phi) is 3.27. The van der Waals surface area contributed by atoms with E-state index in [0.717, 1.165) is 31.0 Å². The molecule has 0 amide bonds. The SMILES string of the molecule is COCC1(COC)C[C@@H]2C[C@H]3CCC(C)=C3[C@@H]2C1. The van der Waals surface area contributed by atoms with Crippen LogP contribution >= 0.6 is 0 Å². The van der Waals surface area contributed by atoms with Gasteiger partial charge in [0.2, 0.25) is 0 Å². The lowest BCUT2D eigenvalue weighted by molar-refractivity contribution is 0.00957. The molecule has 18 heavy (non-hydrogen) atoms. The molecule has 0 spiro atoms. The van der Waals surface area contributed by atoms with Gasteiger partial charge in [-0.05, 0) is 56.8 Å². The molecule has 3 aliphatic carbocycles. The van der Waals surface area contributed by atoms with Crippen molar-refractivity contribution >= 4 is 0 Å². The average Bonchev–Trinajstić information content (AvgIpc) is 2.91. The summed E-state index contributed by atoms with van der Waals surface area (Å²) in [7, 11) is 3.66. The molecule has 0 aliphatic heterocycles. The lowest BCUT2D eigenvalue weighted by Crippen LogP contribution is -2.29. The highest BCUT2D eigenvalue weighted by Crippen LogP contribution is 2.60. The van der Waals surface area contributed by atoms with Crippen LogP contribution in [0.25, 0.3) is 0 Å². The van der Waals surface area contributed by atoms with E-state index in [-0.39, 0.29) is 0 Å². The molecule has 2 heteroatoms. The highest BCUT2D eigenvalue weighted by atomic mass is 16.5. The molecule has 0 aromatic carbocycles. The molecule has 0 unspecified atom stereocenters. The maximum atomic E-state index is 5.49. The van der Waals surface area contributed by atoms with Crippen LogP contribution in [0.5, 0.6) is 0 Å². The van der Waals surface area contributed by atoms with Gasteiger partial charge in [0.25, 0.3) is 0 Å². The molecule has 3 atom stereocenters. The van der Waals surface area contributed by atoms with E-state index in [4.69, 9.17) is 9.47 Å². The molecule has 2 fully saturated rings. The first-order valence-electron chi connectivity index (χ1n) is 7.36. The van der Waals surface area contributed by atoms with Crippen LogP contribution in [0.1, 0.15) is 39.0 Å². The Morgan fingerprint density at radius 2 is 1.89 bits per heavy atom. The van der Waals surface area contributed by atoms with E-state index in [1.165, 1.54) is 32.1 Å². The first-order valence-corrected chi connectivity index (χ1v) is 7.36. The molecular formula is C16H26O2. The van der Waals surface area contributed by atoms with Crippen molar-refractivity contribution in [1.29, 1.82) is 0 Å². The Bertz CT molecular complexity index is 352. The third kappa shape index (κ3) is 1.85. The molecule has 102 valence electrons. The summed E-state index contributed by atoms with van der Waals surface area (Å²) in [6, 6.07) is 0. The molecule has 0 heterocycles. The maximum Gasteiger partial charge on any atom is 0.0541 e. The van der Waals surface area contributed by atoms with Crippen molar-refractivity contribution in [2.45, 2.75) is 39.0 Å². The first-order chi connectivity index (χ1) is 8.69. The van der Waals surface area contributed by atoms with Gasteiger partial charge < -0.3 is 9.47 Å². The van der Waals surface area contributed by atoms with Crippen molar-refractivity contribution in [3.05, 3.63) is 11.1 Å². The molecule has 0 radical (unpaired) electrons. The zero-order valence-corrected chi connectivity index (χ0v) is 12.0. The summed E-state index contributed by atoms with van der Waals surface area (Å²) >= 11 is 0. The third-order valence-electron chi connectivity index (χ3n) is 5.61. The highest BCUT2D eigenvalue weighted by molar-refractivity contribution is 5.30. The quantitative estimate of drug-likeness (QED) is 0.712. The predicted molar refractivity (Wildman–Crippen MR) is 72.4 cm³/mol. The van der Waals surface area contributed by atoms with Crippen molar-refractivity contribution in [3.63, 3.8) is 0 Å². The van der Waals surface area contributed by atoms with E-state index in [2.05, 4.69) is 6.92 Å². The number of ether oxygens (including phenoxy) is 2. The fourth-order valence-corrected chi connectivity index (χ4v) is 5.18. The van der Waals surface area contributed by atoms with Gasteiger partial charge in [-0.15, -0.1) is 0 Å². The molecule has 0 N–H and O–H groups in total. The van der Waals surface area contributed by atoms with Gasteiger partial charge >= 0.3 is 0 Å². The Balaban J connectivity index is 1.81. The molecular weight excluding hydrogens is 224 g/mol. The van der Waals surface area contributed by atoms with Gasteiger partial charge in [-0.2, -0.15) is 0 Å². The molecule has 3 aliphatic rings. The van der Waals surface area contributed by atoms with Crippen LogP contribution in [0.4, 0.5) is 0 Å². The predicted octanol–water partition coefficient (Wildman–Crippen LogP) is 3.42. The van der Waals surface area contributed by atoms with Gasteiger partial charge in [-0.3, -0.25) is 0 Å². The smallest absolute Gasteiger partial charge is 0.0541 e. The largest absolute Gasteiger partial charge is 0.384 e. The van der Waals surface area contributed by atoms with Crippen molar-refractivity contribution in [1.82, 2.24) is 0 Å². The zero-order valence-electron chi connectivity index (χ0n) is 12.0. The molecule has 2 nitrogen and oxygen atoms in total. The molecule has 0 saturated heterocycles. The standard InChI is InChI=1S/C16H26O2/c1-11-4-5-12-6-13-7-16(9-17-2,10-18-3)8-14(13)15(11)12/h12-14H,4-10H2,1-3H3/t12-,13+,14-/m1/s1. The lowest BCUT2D eigenvalue weighted by atomic mass is 9.83. The summed E-state index contributed by atoms with van der Waals surface area (Å²) < 4.78 is 11.0. The molecule has 3 rings (SSSR count). The molecule has 0 aromatic rings. The molecule has 2 saturated carbocycles. The van der Waals surface area contributed by atoms with Crippen molar-refractivity contribution in [2.24, 2.45) is 23.2 Å². The summed E-state index contributed by atoms with van der Waals surface area (Å²) in [5.41, 5.74) is 3.84. The van der Waals surface area contributed by atoms with E-state index < -0.39 is 0 Å². The van der Waals surface area contributed by atoms with Gasteiger partial charge in [0.15, 0.2) is 0 Å². The summed E-state index contributed by atoms with van der Waals surface area (Å²) in [6.07, 6.45) is 6.82. The van der Waals surface area contributed by atoms with Crippen molar-refractivity contribution < 1.29 is 9.47 Å². The fraction of sp³-hybridized carbons (Fsp3) is 0.875. The highest BCUT2D eigenvalue weighted by Gasteiger charge is 2.52. The Hall–Kier alpha value is -0.340. The van der Waals surface area contributed by atoms with Crippen LogP contribution < -0.4 is 0 Å². The van der Waals surface area contributed by atoms with Gasteiger partial charge in [0.05, 0.1) is 13.2 Å². The second-order valence-electron chi connectivity index (χ2n) is 6.85. The topological polar surface area (TPSA) is 18.5 Å². The van der Waals surface area contributed by atoms with E-state index >= 15 is 0 Å². The number of allylic oxidation sites excluding steroid dienone is 2. The minimum Gasteiger partial charge on any atom is -0.384 e.